The first-order valence-electron chi connectivity index (χ1n) is 12.9. The van der Waals surface area contributed by atoms with E-state index < -0.39 is 0 Å². The highest BCUT2D eigenvalue weighted by atomic mass is 15.0. The molecule has 0 bridgehead atoms. The Morgan fingerprint density at radius 3 is 1.36 bits per heavy atom. The minimum Gasteiger partial charge on any atom is -0.334 e. The Balaban J connectivity index is 1.94. The molecule has 164 valence electrons. The number of rotatable bonds is 21. The van der Waals surface area contributed by atoms with Crippen LogP contribution in [0.4, 0.5) is 0 Å². The van der Waals surface area contributed by atoms with Gasteiger partial charge in [-0.3, -0.25) is 0 Å². The number of aromatic nitrogens is 2. The van der Waals surface area contributed by atoms with Crippen molar-refractivity contribution in [2.24, 2.45) is 0 Å². The minimum absolute atomic E-state index is 0.677. The largest absolute Gasteiger partial charge is 0.334 e. The number of nitrogens with zero attached hydrogens (tertiary/aromatic N) is 2. The van der Waals surface area contributed by atoms with E-state index in [1.807, 2.05) is 12.5 Å². The number of hydrogen-bond donors (Lipinski definition) is 0. The molecule has 0 amide bonds. The summed E-state index contributed by atoms with van der Waals surface area (Å²) in [4.78, 5) is 4.27. The first-order valence-corrected chi connectivity index (χ1v) is 12.9. The lowest BCUT2D eigenvalue weighted by atomic mass is 10.00. The lowest BCUT2D eigenvalue weighted by Gasteiger charge is -2.18. The molecule has 0 N–H and O–H groups in total. The molecule has 0 spiro atoms. The van der Waals surface area contributed by atoms with E-state index in [2.05, 4.69) is 29.6 Å². The molecule has 1 heterocycles. The van der Waals surface area contributed by atoms with Gasteiger partial charge in [-0.15, -0.1) is 0 Å². The molecule has 0 fully saturated rings. The van der Waals surface area contributed by atoms with Gasteiger partial charge in [0.1, 0.15) is 0 Å². The smallest absolute Gasteiger partial charge is 0.0948 e. The van der Waals surface area contributed by atoms with Crippen molar-refractivity contribution in [1.82, 2.24) is 9.55 Å². The van der Waals surface area contributed by atoms with Crippen molar-refractivity contribution in [3.8, 4) is 0 Å². The molecule has 0 saturated heterocycles. The zero-order valence-electron chi connectivity index (χ0n) is 19.3. The standard InChI is InChI=1S/C26H50N2/c1-3-5-7-9-10-11-12-13-14-15-16-17-18-20-22-26(21-19-8-6-4-2)28-24-23-27-25-28/h23-26H,3-22H2,1-2H3. The van der Waals surface area contributed by atoms with Crippen molar-refractivity contribution in [1.29, 1.82) is 0 Å². The normalized spacial score (nSPS) is 12.5. The van der Waals surface area contributed by atoms with E-state index in [0.717, 1.165) is 0 Å². The van der Waals surface area contributed by atoms with Crippen LogP contribution in [0.5, 0.6) is 0 Å². The van der Waals surface area contributed by atoms with Crippen LogP contribution in [0.2, 0.25) is 0 Å². The summed E-state index contributed by atoms with van der Waals surface area (Å²) in [6.07, 6.45) is 34.4. The fourth-order valence-corrected chi connectivity index (χ4v) is 4.31. The van der Waals surface area contributed by atoms with Crippen LogP contribution in [0, 0.1) is 0 Å². The summed E-state index contributed by atoms with van der Waals surface area (Å²) in [6.45, 7) is 4.59. The zero-order valence-corrected chi connectivity index (χ0v) is 19.3. The quantitative estimate of drug-likeness (QED) is 0.191. The van der Waals surface area contributed by atoms with Crippen LogP contribution >= 0.6 is 0 Å². The molecule has 1 aromatic rings. The van der Waals surface area contributed by atoms with Crippen LogP contribution in [0.1, 0.15) is 148 Å². The molecule has 0 aromatic carbocycles. The minimum atomic E-state index is 0.677. The number of imidazole rings is 1. The van der Waals surface area contributed by atoms with Crippen LogP contribution in [0.15, 0.2) is 18.7 Å². The van der Waals surface area contributed by atoms with Gasteiger partial charge in [0.2, 0.25) is 0 Å². The molecule has 1 atom stereocenters. The van der Waals surface area contributed by atoms with E-state index in [0.29, 0.717) is 6.04 Å². The maximum absolute atomic E-state index is 4.27. The summed E-state index contributed by atoms with van der Waals surface area (Å²) < 4.78 is 2.36. The molecule has 1 aromatic heterocycles. The molecule has 0 saturated carbocycles. The number of hydrogen-bond acceptors (Lipinski definition) is 1. The van der Waals surface area contributed by atoms with Crippen LogP contribution in [0.25, 0.3) is 0 Å². The van der Waals surface area contributed by atoms with Crippen molar-refractivity contribution in [2.75, 3.05) is 0 Å². The van der Waals surface area contributed by atoms with Gasteiger partial charge >= 0.3 is 0 Å². The van der Waals surface area contributed by atoms with E-state index in [4.69, 9.17) is 0 Å². The summed E-state index contributed by atoms with van der Waals surface area (Å²) >= 11 is 0. The van der Waals surface area contributed by atoms with E-state index in [-0.39, 0.29) is 0 Å². The maximum Gasteiger partial charge on any atom is 0.0948 e. The second kappa shape index (κ2) is 19.5. The zero-order chi connectivity index (χ0) is 20.1. The third-order valence-corrected chi connectivity index (χ3v) is 6.23. The predicted molar refractivity (Wildman–Crippen MR) is 125 cm³/mol. The van der Waals surface area contributed by atoms with E-state index in [9.17, 15) is 0 Å². The molecule has 0 aliphatic heterocycles. The van der Waals surface area contributed by atoms with Crippen molar-refractivity contribution in [3.05, 3.63) is 18.7 Å². The highest BCUT2D eigenvalue weighted by molar-refractivity contribution is 4.80. The van der Waals surface area contributed by atoms with Crippen molar-refractivity contribution >= 4 is 0 Å². The summed E-state index contributed by atoms with van der Waals surface area (Å²) in [5, 5.41) is 0. The lowest BCUT2D eigenvalue weighted by Crippen LogP contribution is -2.07. The van der Waals surface area contributed by atoms with Gasteiger partial charge in [-0.1, -0.05) is 129 Å². The molecular formula is C26H50N2. The molecule has 0 radical (unpaired) electrons. The van der Waals surface area contributed by atoms with Crippen LogP contribution in [-0.4, -0.2) is 9.55 Å². The van der Waals surface area contributed by atoms with Crippen LogP contribution < -0.4 is 0 Å². The Bertz CT molecular complexity index is 399. The van der Waals surface area contributed by atoms with E-state index >= 15 is 0 Å². The fraction of sp³-hybridized carbons (Fsp3) is 0.885. The molecule has 0 aliphatic carbocycles. The van der Waals surface area contributed by atoms with Gasteiger partial charge in [-0.25, -0.2) is 4.98 Å². The maximum atomic E-state index is 4.27. The Morgan fingerprint density at radius 1 is 0.571 bits per heavy atom. The number of unbranched alkanes of at least 4 members (excludes halogenated alkanes) is 16. The van der Waals surface area contributed by atoms with Gasteiger partial charge in [0.25, 0.3) is 0 Å². The molecule has 28 heavy (non-hydrogen) atoms. The molecule has 1 rings (SSSR count). The topological polar surface area (TPSA) is 17.8 Å². The second-order valence-electron chi connectivity index (χ2n) is 8.90. The summed E-state index contributed by atoms with van der Waals surface area (Å²) in [5.74, 6) is 0. The summed E-state index contributed by atoms with van der Waals surface area (Å²) in [7, 11) is 0. The van der Waals surface area contributed by atoms with Gasteiger partial charge < -0.3 is 4.57 Å². The second-order valence-corrected chi connectivity index (χ2v) is 8.90. The Hall–Kier alpha value is -0.790. The lowest BCUT2D eigenvalue weighted by molar-refractivity contribution is 0.394. The Labute approximate surface area is 176 Å². The summed E-state index contributed by atoms with van der Waals surface area (Å²) in [6, 6.07) is 0.677. The molecule has 0 aliphatic rings. The van der Waals surface area contributed by atoms with Gasteiger partial charge in [-0.2, -0.15) is 0 Å². The average Bonchev–Trinajstić information content (AvgIpc) is 3.24. The fourth-order valence-electron chi connectivity index (χ4n) is 4.31. The first-order chi connectivity index (χ1) is 13.9. The first kappa shape index (κ1) is 25.2. The van der Waals surface area contributed by atoms with E-state index in [1.54, 1.807) is 0 Å². The highest BCUT2D eigenvalue weighted by Gasteiger charge is 2.09. The monoisotopic (exact) mass is 390 g/mol. The predicted octanol–water partition coefficient (Wildman–Crippen LogP) is 9.27. The van der Waals surface area contributed by atoms with Gasteiger partial charge in [0, 0.05) is 18.4 Å². The third-order valence-electron chi connectivity index (χ3n) is 6.23. The molecular weight excluding hydrogens is 340 g/mol. The highest BCUT2D eigenvalue weighted by Crippen LogP contribution is 2.23. The van der Waals surface area contributed by atoms with Crippen LogP contribution in [-0.2, 0) is 0 Å². The van der Waals surface area contributed by atoms with Gasteiger partial charge in [0.05, 0.1) is 6.33 Å². The Morgan fingerprint density at radius 2 is 0.964 bits per heavy atom. The molecule has 1 unspecified atom stereocenters. The van der Waals surface area contributed by atoms with E-state index in [1.165, 1.54) is 128 Å². The SMILES string of the molecule is CCCCCCCCCCCCCCCCC(CCCCCC)n1ccnc1. The molecule has 2 nitrogen and oxygen atoms in total. The van der Waals surface area contributed by atoms with Crippen LogP contribution in [0.3, 0.4) is 0 Å². The van der Waals surface area contributed by atoms with Crippen molar-refractivity contribution < 1.29 is 0 Å². The third kappa shape index (κ3) is 14.2. The Kier molecular flexibility index (Phi) is 17.6. The van der Waals surface area contributed by atoms with Gasteiger partial charge in [0.15, 0.2) is 0 Å². The van der Waals surface area contributed by atoms with Gasteiger partial charge in [-0.05, 0) is 12.8 Å². The summed E-state index contributed by atoms with van der Waals surface area (Å²) in [5.41, 5.74) is 0. The average molecular weight is 391 g/mol. The van der Waals surface area contributed by atoms with Crippen molar-refractivity contribution in [2.45, 2.75) is 148 Å². The van der Waals surface area contributed by atoms with Crippen molar-refractivity contribution in [3.63, 3.8) is 0 Å². The molecule has 2 heteroatoms.